The van der Waals surface area contributed by atoms with Gasteiger partial charge in [0.2, 0.25) is 5.91 Å². The molecule has 0 aliphatic carbocycles. The van der Waals surface area contributed by atoms with E-state index in [0.29, 0.717) is 11.8 Å². The molecule has 0 saturated carbocycles. The minimum absolute atomic E-state index is 0.179. The molecule has 3 heterocycles. The Balaban J connectivity index is 1.05. The topological polar surface area (TPSA) is 39.3 Å². The van der Waals surface area contributed by atoms with Crippen molar-refractivity contribution in [3.63, 3.8) is 0 Å². The maximum Gasteiger partial charge on any atom is 0.225 e. The van der Waals surface area contributed by atoms with Gasteiger partial charge < -0.3 is 14.5 Å². The number of likely N-dealkylation sites (N-methyl/N-ethyl adjacent to an activating group) is 1. The largest absolute Gasteiger partial charge is 0.457 e. The van der Waals surface area contributed by atoms with Crippen molar-refractivity contribution in [1.29, 1.82) is 0 Å². The van der Waals surface area contributed by atoms with Gasteiger partial charge in [0.25, 0.3) is 0 Å². The summed E-state index contributed by atoms with van der Waals surface area (Å²) in [6.45, 7) is 12.8. The zero-order valence-corrected chi connectivity index (χ0v) is 23.9. The van der Waals surface area contributed by atoms with Crippen molar-refractivity contribution in [1.82, 2.24) is 19.6 Å². The Labute approximate surface area is 234 Å². The van der Waals surface area contributed by atoms with E-state index in [1.807, 2.05) is 18.2 Å². The minimum Gasteiger partial charge on any atom is -0.457 e. The van der Waals surface area contributed by atoms with Crippen molar-refractivity contribution in [2.24, 2.45) is 5.92 Å². The highest BCUT2D eigenvalue weighted by Crippen LogP contribution is 2.26. The molecule has 6 nitrogen and oxygen atoms in total. The summed E-state index contributed by atoms with van der Waals surface area (Å²) >= 11 is 0. The predicted molar refractivity (Wildman–Crippen MR) is 158 cm³/mol. The highest BCUT2D eigenvalue weighted by atomic mass is 16.5. The number of hydrogen-bond acceptors (Lipinski definition) is 5. The van der Waals surface area contributed by atoms with Gasteiger partial charge in [0.1, 0.15) is 11.5 Å². The number of benzene rings is 2. The summed E-state index contributed by atoms with van der Waals surface area (Å²) in [6, 6.07) is 16.8. The van der Waals surface area contributed by atoms with Crippen LogP contribution in [0.3, 0.4) is 0 Å². The Morgan fingerprint density at radius 2 is 1.62 bits per heavy atom. The molecule has 0 aromatic heterocycles. The molecular weight excluding hydrogens is 484 g/mol. The van der Waals surface area contributed by atoms with E-state index < -0.39 is 0 Å². The fraction of sp³-hybridized carbons (Fsp3) is 0.485. The molecule has 5 rings (SSSR count). The van der Waals surface area contributed by atoms with Crippen LogP contribution in [0.4, 0.5) is 0 Å². The van der Waals surface area contributed by atoms with E-state index in [2.05, 4.69) is 89.2 Å². The lowest BCUT2D eigenvalue weighted by molar-refractivity contribution is -0.138. The number of carbonyl (C=O) groups excluding carboxylic acids is 1. The van der Waals surface area contributed by atoms with Gasteiger partial charge in [0.05, 0.1) is 0 Å². The summed E-state index contributed by atoms with van der Waals surface area (Å²) in [4.78, 5) is 22.5. The number of rotatable bonds is 8. The summed E-state index contributed by atoms with van der Waals surface area (Å²) in [5.74, 6) is 2.80. The number of hydrogen-bond donors (Lipinski definition) is 0. The van der Waals surface area contributed by atoms with Gasteiger partial charge in [-0.25, -0.2) is 0 Å². The van der Waals surface area contributed by atoms with Crippen LogP contribution in [0.15, 0.2) is 72.5 Å². The molecule has 0 unspecified atom stereocenters. The van der Waals surface area contributed by atoms with Crippen LogP contribution < -0.4 is 4.74 Å². The fourth-order valence-corrected chi connectivity index (χ4v) is 5.73. The first-order valence-electron chi connectivity index (χ1n) is 14.6. The van der Waals surface area contributed by atoms with Gasteiger partial charge in [-0.2, -0.15) is 0 Å². The second-order valence-corrected chi connectivity index (χ2v) is 11.7. The average molecular weight is 529 g/mol. The molecule has 2 fully saturated rings. The minimum atomic E-state index is 0.179. The lowest BCUT2D eigenvalue weighted by Gasteiger charge is -2.38. The Hall–Kier alpha value is -3.09. The SMILES string of the molecule is CC(C)c1ccc(Oc2cccc(CN3CCN(C(=O)C4CCN(CC5=CCN(C)C=C5)CC4)CC3)c2)cc1. The van der Waals surface area contributed by atoms with Gasteiger partial charge in [-0.1, -0.05) is 44.2 Å². The lowest BCUT2D eigenvalue weighted by Crippen LogP contribution is -2.51. The van der Waals surface area contributed by atoms with Crippen molar-refractivity contribution >= 4 is 5.91 Å². The Morgan fingerprint density at radius 1 is 0.897 bits per heavy atom. The van der Waals surface area contributed by atoms with E-state index in [-0.39, 0.29) is 5.92 Å². The zero-order chi connectivity index (χ0) is 27.2. The Morgan fingerprint density at radius 3 is 2.28 bits per heavy atom. The number of ether oxygens (including phenoxy) is 1. The molecule has 0 radical (unpaired) electrons. The first-order valence-corrected chi connectivity index (χ1v) is 14.6. The number of piperazine rings is 1. The van der Waals surface area contributed by atoms with E-state index in [0.717, 1.165) is 83.2 Å². The molecule has 0 spiro atoms. The van der Waals surface area contributed by atoms with Crippen molar-refractivity contribution in [2.45, 2.75) is 39.2 Å². The molecule has 39 heavy (non-hydrogen) atoms. The van der Waals surface area contributed by atoms with Crippen molar-refractivity contribution in [3.8, 4) is 11.5 Å². The Kier molecular flexibility index (Phi) is 9.05. The number of piperidine rings is 1. The highest BCUT2D eigenvalue weighted by Gasteiger charge is 2.30. The van der Waals surface area contributed by atoms with Gasteiger partial charge in [0, 0.05) is 58.8 Å². The maximum absolute atomic E-state index is 13.3. The smallest absolute Gasteiger partial charge is 0.225 e. The van der Waals surface area contributed by atoms with E-state index in [1.165, 1.54) is 16.7 Å². The molecule has 3 aliphatic rings. The van der Waals surface area contributed by atoms with Gasteiger partial charge in [-0.3, -0.25) is 14.6 Å². The van der Waals surface area contributed by atoms with Gasteiger partial charge >= 0.3 is 0 Å². The van der Waals surface area contributed by atoms with Crippen LogP contribution in [-0.2, 0) is 11.3 Å². The normalized spacial score (nSPS) is 19.4. The monoisotopic (exact) mass is 528 g/mol. The number of likely N-dealkylation sites (tertiary alicyclic amines) is 1. The molecule has 6 heteroatoms. The standard InChI is InChI=1S/C33H44N4O2/c1-26(2)29-7-9-31(10-8-29)39-32-6-4-5-28(23-32)25-36-19-21-37(22-20-36)33(38)30-13-17-35(18-14-30)24-27-11-15-34(3)16-12-27/h4-12,15,23,26,30H,13-14,16-22,24-25H2,1-3H3. The first-order chi connectivity index (χ1) is 18.9. The fourth-order valence-electron chi connectivity index (χ4n) is 5.73. The van der Waals surface area contributed by atoms with Crippen LogP contribution >= 0.6 is 0 Å². The highest BCUT2D eigenvalue weighted by molar-refractivity contribution is 5.79. The summed E-state index contributed by atoms with van der Waals surface area (Å²) < 4.78 is 6.13. The Bertz CT molecular complexity index is 1160. The summed E-state index contributed by atoms with van der Waals surface area (Å²) in [7, 11) is 2.10. The third-order valence-electron chi connectivity index (χ3n) is 8.30. The quantitative estimate of drug-likeness (QED) is 0.462. The molecular formula is C33H44N4O2. The maximum atomic E-state index is 13.3. The number of amides is 1. The predicted octanol–water partition coefficient (Wildman–Crippen LogP) is 5.34. The third-order valence-corrected chi connectivity index (χ3v) is 8.30. The molecule has 2 aromatic rings. The van der Waals surface area contributed by atoms with E-state index in [4.69, 9.17) is 4.74 Å². The lowest BCUT2D eigenvalue weighted by atomic mass is 9.94. The zero-order valence-electron chi connectivity index (χ0n) is 23.9. The molecule has 0 bridgehead atoms. The molecule has 208 valence electrons. The molecule has 0 N–H and O–H groups in total. The van der Waals surface area contributed by atoms with E-state index >= 15 is 0 Å². The van der Waals surface area contributed by atoms with Crippen molar-refractivity contribution in [3.05, 3.63) is 83.6 Å². The van der Waals surface area contributed by atoms with Crippen LogP contribution in [0.5, 0.6) is 11.5 Å². The van der Waals surface area contributed by atoms with Crippen LogP contribution in [0, 0.1) is 5.92 Å². The first kappa shape index (κ1) is 27.5. The third kappa shape index (κ3) is 7.52. The second kappa shape index (κ2) is 12.8. The van der Waals surface area contributed by atoms with Crippen molar-refractivity contribution < 1.29 is 9.53 Å². The second-order valence-electron chi connectivity index (χ2n) is 11.7. The van der Waals surface area contributed by atoms with Gasteiger partial charge in [0.15, 0.2) is 0 Å². The molecule has 3 aliphatic heterocycles. The molecule has 1 amide bonds. The van der Waals surface area contributed by atoms with Gasteiger partial charge in [-0.05, 0) is 85.1 Å². The van der Waals surface area contributed by atoms with E-state index in [9.17, 15) is 4.79 Å². The number of carbonyl (C=O) groups is 1. The molecule has 2 saturated heterocycles. The van der Waals surface area contributed by atoms with Gasteiger partial charge in [-0.15, -0.1) is 0 Å². The van der Waals surface area contributed by atoms with Crippen LogP contribution in [-0.4, -0.2) is 84.9 Å². The molecule has 2 aromatic carbocycles. The average Bonchev–Trinajstić information content (AvgIpc) is 2.95. The van der Waals surface area contributed by atoms with Crippen LogP contribution in [0.2, 0.25) is 0 Å². The van der Waals surface area contributed by atoms with Crippen LogP contribution in [0.1, 0.15) is 43.7 Å². The number of nitrogens with zero attached hydrogens (tertiary/aromatic N) is 4. The molecule has 0 atom stereocenters. The van der Waals surface area contributed by atoms with Crippen molar-refractivity contribution in [2.75, 3.05) is 59.4 Å². The summed E-state index contributed by atoms with van der Waals surface area (Å²) in [5.41, 5.74) is 3.96. The summed E-state index contributed by atoms with van der Waals surface area (Å²) in [6.07, 6.45) is 8.63. The van der Waals surface area contributed by atoms with E-state index in [1.54, 1.807) is 0 Å². The summed E-state index contributed by atoms with van der Waals surface area (Å²) in [5, 5.41) is 0. The van der Waals surface area contributed by atoms with Crippen LogP contribution in [0.25, 0.3) is 0 Å².